The van der Waals surface area contributed by atoms with Crippen LogP contribution < -0.4 is 10.2 Å². The van der Waals surface area contributed by atoms with Crippen LogP contribution in [0.1, 0.15) is 36.9 Å². The van der Waals surface area contributed by atoms with Crippen LogP contribution in [0, 0.1) is 0 Å². The lowest BCUT2D eigenvalue weighted by molar-refractivity contribution is -0.117. The van der Waals surface area contributed by atoms with Gasteiger partial charge in [-0.05, 0) is 31.0 Å². The van der Waals surface area contributed by atoms with E-state index in [1.54, 1.807) is 12.4 Å². The SMILES string of the molecule is CC(NCc1c[nH]c2nccnc12)c1cccc(N2CCCC2=O)c1. The zero-order valence-corrected chi connectivity index (χ0v) is 14.2. The Hall–Kier alpha value is -2.73. The highest BCUT2D eigenvalue weighted by molar-refractivity contribution is 5.95. The molecule has 128 valence electrons. The van der Waals surface area contributed by atoms with Crippen LogP contribution in [0.5, 0.6) is 0 Å². The van der Waals surface area contributed by atoms with Gasteiger partial charge in [0, 0.05) is 55.4 Å². The highest BCUT2D eigenvalue weighted by atomic mass is 16.2. The Kier molecular flexibility index (Phi) is 4.19. The number of fused-ring (bicyclic) bond motifs is 1. The van der Waals surface area contributed by atoms with E-state index < -0.39 is 0 Å². The number of hydrogen-bond donors (Lipinski definition) is 2. The number of aromatic nitrogens is 3. The summed E-state index contributed by atoms with van der Waals surface area (Å²) in [6, 6.07) is 8.40. The predicted molar refractivity (Wildman–Crippen MR) is 97.2 cm³/mol. The molecule has 1 fully saturated rings. The number of carbonyl (C=O) groups excluding carboxylic acids is 1. The second-order valence-electron chi connectivity index (χ2n) is 6.41. The molecule has 6 nitrogen and oxygen atoms in total. The highest BCUT2D eigenvalue weighted by Gasteiger charge is 2.22. The van der Waals surface area contributed by atoms with Gasteiger partial charge in [0.15, 0.2) is 5.65 Å². The first-order valence-corrected chi connectivity index (χ1v) is 8.63. The number of H-pyrrole nitrogens is 1. The van der Waals surface area contributed by atoms with Gasteiger partial charge in [-0.15, -0.1) is 0 Å². The smallest absolute Gasteiger partial charge is 0.227 e. The number of carbonyl (C=O) groups is 1. The van der Waals surface area contributed by atoms with Crippen molar-refractivity contribution in [3.63, 3.8) is 0 Å². The molecule has 6 heteroatoms. The zero-order valence-electron chi connectivity index (χ0n) is 14.2. The molecule has 1 aromatic carbocycles. The number of aromatic amines is 1. The van der Waals surface area contributed by atoms with Crippen molar-refractivity contribution in [3.05, 3.63) is 54.0 Å². The largest absolute Gasteiger partial charge is 0.344 e. The maximum Gasteiger partial charge on any atom is 0.227 e. The van der Waals surface area contributed by atoms with Gasteiger partial charge < -0.3 is 15.2 Å². The summed E-state index contributed by atoms with van der Waals surface area (Å²) in [5.74, 6) is 0.218. The molecule has 0 spiro atoms. The van der Waals surface area contributed by atoms with Gasteiger partial charge in [0.2, 0.25) is 5.91 Å². The van der Waals surface area contributed by atoms with Crippen LogP contribution in [-0.2, 0) is 11.3 Å². The van der Waals surface area contributed by atoms with Gasteiger partial charge in [0.25, 0.3) is 0 Å². The molecule has 4 rings (SSSR count). The lowest BCUT2D eigenvalue weighted by Gasteiger charge is -2.19. The van der Waals surface area contributed by atoms with E-state index in [0.717, 1.165) is 35.4 Å². The van der Waals surface area contributed by atoms with Crippen LogP contribution in [0.2, 0.25) is 0 Å². The van der Waals surface area contributed by atoms with E-state index in [1.165, 1.54) is 5.56 Å². The normalized spacial score (nSPS) is 15.9. The molecular weight excluding hydrogens is 314 g/mol. The number of benzene rings is 1. The fraction of sp³-hybridized carbons (Fsp3) is 0.316. The molecule has 3 aromatic rings. The first-order chi connectivity index (χ1) is 12.2. The van der Waals surface area contributed by atoms with Crippen molar-refractivity contribution >= 4 is 22.8 Å². The third-order valence-corrected chi connectivity index (χ3v) is 4.74. The molecule has 1 atom stereocenters. The van der Waals surface area contributed by atoms with E-state index in [0.29, 0.717) is 13.0 Å². The van der Waals surface area contributed by atoms with Crippen LogP contribution in [0.15, 0.2) is 42.9 Å². The topological polar surface area (TPSA) is 73.9 Å². The van der Waals surface area contributed by atoms with Crippen LogP contribution in [0.25, 0.3) is 11.2 Å². The molecule has 1 amide bonds. The lowest BCUT2D eigenvalue weighted by Crippen LogP contribution is -2.24. The summed E-state index contributed by atoms with van der Waals surface area (Å²) in [6.45, 7) is 3.65. The number of nitrogens with one attached hydrogen (secondary N) is 2. The molecule has 2 N–H and O–H groups in total. The summed E-state index contributed by atoms with van der Waals surface area (Å²) >= 11 is 0. The van der Waals surface area contributed by atoms with Crippen LogP contribution in [0.3, 0.4) is 0 Å². The van der Waals surface area contributed by atoms with E-state index in [9.17, 15) is 4.79 Å². The molecule has 25 heavy (non-hydrogen) atoms. The second-order valence-corrected chi connectivity index (χ2v) is 6.41. The van der Waals surface area contributed by atoms with Crippen LogP contribution in [-0.4, -0.2) is 27.4 Å². The van der Waals surface area contributed by atoms with Crippen molar-refractivity contribution < 1.29 is 4.79 Å². The molecular formula is C19H21N5O. The molecule has 3 heterocycles. The van der Waals surface area contributed by atoms with E-state index >= 15 is 0 Å². The molecule has 2 aromatic heterocycles. The second kappa shape index (κ2) is 6.64. The molecule has 0 saturated carbocycles. The summed E-state index contributed by atoms with van der Waals surface area (Å²) in [5, 5.41) is 3.53. The van der Waals surface area contributed by atoms with Gasteiger partial charge >= 0.3 is 0 Å². The monoisotopic (exact) mass is 335 g/mol. The average molecular weight is 335 g/mol. The average Bonchev–Trinajstić information content (AvgIpc) is 3.26. The Morgan fingerprint density at radius 3 is 3.04 bits per heavy atom. The van der Waals surface area contributed by atoms with E-state index in [1.807, 2.05) is 23.2 Å². The van der Waals surface area contributed by atoms with Crippen LogP contribution >= 0.6 is 0 Å². The third-order valence-electron chi connectivity index (χ3n) is 4.74. The van der Waals surface area contributed by atoms with Gasteiger partial charge in [-0.25, -0.2) is 4.98 Å². The fourth-order valence-electron chi connectivity index (χ4n) is 3.30. The Bertz CT molecular complexity index is 903. The van der Waals surface area contributed by atoms with E-state index in [2.05, 4.69) is 39.3 Å². The Balaban J connectivity index is 1.47. The minimum absolute atomic E-state index is 0.166. The van der Waals surface area contributed by atoms with E-state index in [-0.39, 0.29) is 11.9 Å². The standard InChI is InChI=1S/C19H21N5O/c1-13(22-11-15-12-23-19-18(15)20-7-8-21-19)14-4-2-5-16(10-14)24-9-3-6-17(24)25/h2,4-5,7-8,10,12-13,22H,3,6,9,11H2,1H3,(H,21,23). The summed E-state index contributed by atoms with van der Waals surface area (Å²) in [4.78, 5) is 25.6. The Morgan fingerprint density at radius 2 is 2.20 bits per heavy atom. The van der Waals surface area contributed by atoms with Crippen molar-refractivity contribution in [3.8, 4) is 0 Å². The van der Waals surface area contributed by atoms with Crippen molar-refractivity contribution in [1.82, 2.24) is 20.3 Å². The van der Waals surface area contributed by atoms with Gasteiger partial charge in [0.1, 0.15) is 5.52 Å². The van der Waals surface area contributed by atoms with E-state index in [4.69, 9.17) is 0 Å². The Morgan fingerprint density at radius 1 is 1.32 bits per heavy atom. The van der Waals surface area contributed by atoms with Gasteiger partial charge in [-0.2, -0.15) is 0 Å². The maximum absolute atomic E-state index is 12.0. The number of amides is 1. The number of nitrogens with zero attached hydrogens (tertiary/aromatic N) is 3. The summed E-state index contributed by atoms with van der Waals surface area (Å²) in [5.41, 5.74) is 4.97. The summed E-state index contributed by atoms with van der Waals surface area (Å²) < 4.78 is 0. The molecule has 1 aliphatic heterocycles. The van der Waals surface area contributed by atoms with Crippen molar-refractivity contribution in [1.29, 1.82) is 0 Å². The van der Waals surface area contributed by atoms with Gasteiger partial charge in [-0.1, -0.05) is 12.1 Å². The van der Waals surface area contributed by atoms with Crippen molar-refractivity contribution in [2.24, 2.45) is 0 Å². The quantitative estimate of drug-likeness (QED) is 0.752. The fourth-order valence-corrected chi connectivity index (χ4v) is 3.30. The van der Waals surface area contributed by atoms with Crippen molar-refractivity contribution in [2.75, 3.05) is 11.4 Å². The molecule has 1 unspecified atom stereocenters. The molecule has 1 aliphatic rings. The predicted octanol–water partition coefficient (Wildman–Crippen LogP) is 2.94. The first-order valence-electron chi connectivity index (χ1n) is 8.63. The zero-order chi connectivity index (χ0) is 17.2. The third kappa shape index (κ3) is 3.13. The van der Waals surface area contributed by atoms with Gasteiger partial charge in [0.05, 0.1) is 0 Å². The first kappa shape index (κ1) is 15.8. The highest BCUT2D eigenvalue weighted by Crippen LogP contribution is 2.25. The molecule has 0 aliphatic carbocycles. The molecule has 0 radical (unpaired) electrons. The van der Waals surface area contributed by atoms with Gasteiger partial charge in [-0.3, -0.25) is 9.78 Å². The van der Waals surface area contributed by atoms with Crippen LogP contribution in [0.4, 0.5) is 5.69 Å². The number of hydrogen-bond acceptors (Lipinski definition) is 4. The minimum Gasteiger partial charge on any atom is -0.344 e. The minimum atomic E-state index is 0.166. The number of rotatable bonds is 5. The summed E-state index contributed by atoms with van der Waals surface area (Å²) in [6.07, 6.45) is 6.94. The Labute approximate surface area is 146 Å². The molecule has 0 bridgehead atoms. The lowest BCUT2D eigenvalue weighted by atomic mass is 10.1. The maximum atomic E-state index is 12.0. The van der Waals surface area contributed by atoms with Crippen molar-refractivity contribution in [2.45, 2.75) is 32.4 Å². The molecule has 1 saturated heterocycles. The number of anilines is 1. The summed E-state index contributed by atoms with van der Waals surface area (Å²) in [7, 11) is 0.